The second-order valence-corrected chi connectivity index (χ2v) is 8.44. The molecule has 9 nitrogen and oxygen atoms in total. The van der Waals surface area contributed by atoms with Crippen LogP contribution in [0.15, 0.2) is 33.6 Å². The Hall–Kier alpha value is -2.30. The average molecular weight is 394 g/mol. The Morgan fingerprint density at radius 3 is 2.56 bits per heavy atom. The van der Waals surface area contributed by atoms with Crippen molar-refractivity contribution in [2.45, 2.75) is 31.3 Å². The summed E-state index contributed by atoms with van der Waals surface area (Å²) in [6.07, 6.45) is 1.71. The minimum Gasteiger partial charge on any atom is -0.405 e. The smallest absolute Gasteiger partial charge is 0.322 e. The molecule has 10 heteroatoms. The van der Waals surface area contributed by atoms with Crippen molar-refractivity contribution in [1.29, 1.82) is 0 Å². The lowest BCUT2D eigenvalue weighted by Gasteiger charge is -2.29. The number of aromatic nitrogens is 2. The van der Waals surface area contributed by atoms with Crippen LogP contribution in [0.25, 0.3) is 0 Å². The molecular formula is C17H22N4O5S. The van der Waals surface area contributed by atoms with Crippen LogP contribution in [0, 0.1) is 5.92 Å². The van der Waals surface area contributed by atoms with Crippen LogP contribution in [0.4, 0.5) is 6.01 Å². The first-order valence-corrected chi connectivity index (χ1v) is 10.1. The molecule has 3 rings (SSSR count). The van der Waals surface area contributed by atoms with Crippen LogP contribution in [0.1, 0.15) is 36.0 Å². The summed E-state index contributed by atoms with van der Waals surface area (Å²) >= 11 is 0. The lowest BCUT2D eigenvalue weighted by Crippen LogP contribution is -2.37. The normalized spacial score (nSPS) is 16.4. The van der Waals surface area contributed by atoms with E-state index in [1.807, 2.05) is 0 Å². The summed E-state index contributed by atoms with van der Waals surface area (Å²) < 4.78 is 37.0. The molecule has 0 unspecified atom stereocenters. The standard InChI is InChI=1S/C17H22N4O5S/c1-12-7-9-21(10-8-12)27(23,24)14-5-3-13(4-6-14)16(22)18-17-20-19-15(26-17)11-25-2/h3-6,12H,7-11H2,1-2H3,(H,18,20,22). The van der Waals surface area contributed by atoms with Gasteiger partial charge in [-0.2, -0.15) is 4.31 Å². The van der Waals surface area contributed by atoms with Gasteiger partial charge in [0.1, 0.15) is 6.61 Å². The monoisotopic (exact) mass is 394 g/mol. The van der Waals surface area contributed by atoms with Crippen molar-refractivity contribution in [3.63, 3.8) is 0 Å². The third-order valence-electron chi connectivity index (χ3n) is 4.45. The second kappa shape index (κ2) is 8.15. The van der Waals surface area contributed by atoms with E-state index in [0.29, 0.717) is 19.0 Å². The number of anilines is 1. The van der Waals surface area contributed by atoms with Gasteiger partial charge in [-0.15, -0.1) is 5.10 Å². The molecule has 0 saturated carbocycles. The molecule has 0 aliphatic carbocycles. The van der Waals surface area contributed by atoms with E-state index in [1.54, 1.807) is 0 Å². The van der Waals surface area contributed by atoms with Crippen molar-refractivity contribution in [2.75, 3.05) is 25.5 Å². The lowest BCUT2D eigenvalue weighted by atomic mass is 10.0. The van der Waals surface area contributed by atoms with Gasteiger partial charge in [0.15, 0.2) is 0 Å². The minimum absolute atomic E-state index is 0.0498. The molecule has 1 aromatic carbocycles. The van der Waals surface area contributed by atoms with E-state index in [2.05, 4.69) is 22.4 Å². The van der Waals surface area contributed by atoms with Crippen molar-refractivity contribution in [2.24, 2.45) is 5.92 Å². The zero-order valence-corrected chi connectivity index (χ0v) is 16.0. The molecule has 0 radical (unpaired) electrons. The van der Waals surface area contributed by atoms with Crippen molar-refractivity contribution in [3.8, 4) is 0 Å². The fraction of sp³-hybridized carbons (Fsp3) is 0.471. The second-order valence-electron chi connectivity index (χ2n) is 6.50. The zero-order valence-electron chi connectivity index (χ0n) is 15.2. The highest BCUT2D eigenvalue weighted by Gasteiger charge is 2.28. The van der Waals surface area contributed by atoms with Crippen LogP contribution in [-0.4, -0.2) is 49.0 Å². The van der Waals surface area contributed by atoms with Gasteiger partial charge in [0.05, 0.1) is 4.90 Å². The number of carbonyl (C=O) groups is 1. The van der Waals surface area contributed by atoms with Crippen LogP contribution in [-0.2, 0) is 21.4 Å². The van der Waals surface area contributed by atoms with E-state index in [1.165, 1.54) is 35.7 Å². The summed E-state index contributed by atoms with van der Waals surface area (Å²) in [5, 5.41) is 9.88. The SMILES string of the molecule is COCc1nnc(NC(=O)c2ccc(S(=O)(=O)N3CCC(C)CC3)cc2)o1. The molecule has 2 aromatic rings. The number of piperidine rings is 1. The van der Waals surface area contributed by atoms with Gasteiger partial charge < -0.3 is 9.15 Å². The molecule has 1 aromatic heterocycles. The molecule has 2 heterocycles. The van der Waals surface area contributed by atoms with Gasteiger partial charge in [-0.25, -0.2) is 8.42 Å². The van der Waals surface area contributed by atoms with Crippen molar-refractivity contribution in [1.82, 2.24) is 14.5 Å². The minimum atomic E-state index is -3.54. The third-order valence-corrected chi connectivity index (χ3v) is 6.36. The number of amides is 1. The molecule has 27 heavy (non-hydrogen) atoms. The number of benzene rings is 1. The first-order chi connectivity index (χ1) is 12.9. The lowest BCUT2D eigenvalue weighted by molar-refractivity contribution is 0.102. The van der Waals surface area contributed by atoms with E-state index in [4.69, 9.17) is 9.15 Å². The predicted molar refractivity (Wildman–Crippen MR) is 96.6 cm³/mol. The number of hydrogen-bond acceptors (Lipinski definition) is 7. The van der Waals surface area contributed by atoms with E-state index in [9.17, 15) is 13.2 Å². The predicted octanol–water partition coefficient (Wildman–Crippen LogP) is 1.89. The van der Waals surface area contributed by atoms with E-state index in [-0.39, 0.29) is 29.0 Å². The highest BCUT2D eigenvalue weighted by Crippen LogP contribution is 2.23. The Balaban J connectivity index is 1.67. The number of methoxy groups -OCH3 is 1. The Morgan fingerprint density at radius 2 is 1.93 bits per heavy atom. The van der Waals surface area contributed by atoms with Crippen molar-refractivity contribution in [3.05, 3.63) is 35.7 Å². The van der Waals surface area contributed by atoms with Gasteiger partial charge in [0, 0.05) is 25.8 Å². The maximum atomic E-state index is 12.7. The average Bonchev–Trinajstić information content (AvgIpc) is 3.09. The molecule has 0 bridgehead atoms. The van der Waals surface area contributed by atoms with Crippen LogP contribution < -0.4 is 5.32 Å². The molecule has 1 aliphatic rings. The van der Waals surface area contributed by atoms with Crippen LogP contribution in [0.5, 0.6) is 0 Å². The Bertz CT molecular complexity index is 886. The maximum Gasteiger partial charge on any atom is 0.322 e. The highest BCUT2D eigenvalue weighted by molar-refractivity contribution is 7.89. The van der Waals surface area contributed by atoms with Gasteiger partial charge in [-0.05, 0) is 43.0 Å². The van der Waals surface area contributed by atoms with Crippen LogP contribution >= 0.6 is 0 Å². The number of sulfonamides is 1. The van der Waals surface area contributed by atoms with Gasteiger partial charge >= 0.3 is 6.01 Å². The Labute approximate surface area is 157 Å². The topological polar surface area (TPSA) is 115 Å². The molecule has 146 valence electrons. The summed E-state index contributed by atoms with van der Waals surface area (Å²) in [6.45, 7) is 3.31. The number of nitrogens with zero attached hydrogens (tertiary/aromatic N) is 3. The number of rotatable bonds is 6. The fourth-order valence-corrected chi connectivity index (χ4v) is 4.28. The summed E-state index contributed by atoms with van der Waals surface area (Å²) in [6, 6.07) is 5.74. The molecule has 1 aliphatic heterocycles. The zero-order chi connectivity index (χ0) is 19.4. The third kappa shape index (κ3) is 4.52. The number of carbonyl (C=O) groups excluding carboxylic acids is 1. The van der Waals surface area contributed by atoms with E-state index >= 15 is 0 Å². The molecule has 1 amide bonds. The fourth-order valence-electron chi connectivity index (χ4n) is 2.81. The van der Waals surface area contributed by atoms with Crippen LogP contribution in [0.2, 0.25) is 0 Å². The van der Waals surface area contributed by atoms with Gasteiger partial charge in [-0.3, -0.25) is 10.1 Å². The van der Waals surface area contributed by atoms with E-state index < -0.39 is 15.9 Å². The summed E-state index contributed by atoms with van der Waals surface area (Å²) in [4.78, 5) is 12.4. The number of hydrogen-bond donors (Lipinski definition) is 1. The summed E-state index contributed by atoms with van der Waals surface area (Å²) in [5.74, 6) is 0.306. The summed E-state index contributed by atoms with van der Waals surface area (Å²) in [7, 11) is -2.05. The highest BCUT2D eigenvalue weighted by atomic mass is 32.2. The molecule has 0 spiro atoms. The molecule has 1 saturated heterocycles. The van der Waals surface area contributed by atoms with Crippen LogP contribution in [0.3, 0.4) is 0 Å². The summed E-state index contributed by atoms with van der Waals surface area (Å²) in [5.41, 5.74) is 0.285. The van der Waals surface area contributed by atoms with E-state index in [0.717, 1.165) is 12.8 Å². The Morgan fingerprint density at radius 1 is 1.26 bits per heavy atom. The maximum absolute atomic E-state index is 12.7. The first kappa shape index (κ1) is 19.5. The molecule has 1 fully saturated rings. The number of ether oxygens (including phenoxy) is 1. The van der Waals surface area contributed by atoms with Gasteiger partial charge in [0.2, 0.25) is 15.9 Å². The van der Waals surface area contributed by atoms with Gasteiger partial charge in [-0.1, -0.05) is 12.0 Å². The molecule has 1 N–H and O–H groups in total. The Kier molecular flexibility index (Phi) is 5.88. The largest absolute Gasteiger partial charge is 0.405 e. The number of nitrogens with one attached hydrogen (secondary N) is 1. The molecule has 0 atom stereocenters. The first-order valence-electron chi connectivity index (χ1n) is 8.63. The molecular weight excluding hydrogens is 372 g/mol. The quantitative estimate of drug-likeness (QED) is 0.795. The van der Waals surface area contributed by atoms with Crippen molar-refractivity contribution < 1.29 is 22.4 Å². The van der Waals surface area contributed by atoms with Crippen molar-refractivity contribution >= 4 is 21.9 Å². The van der Waals surface area contributed by atoms with Gasteiger partial charge in [0.25, 0.3) is 5.91 Å².